The third-order valence-corrected chi connectivity index (χ3v) is 6.24. The van der Waals surface area contributed by atoms with Gasteiger partial charge in [0.15, 0.2) is 0 Å². The van der Waals surface area contributed by atoms with Crippen LogP contribution in [0.2, 0.25) is 5.02 Å². The van der Waals surface area contributed by atoms with Gasteiger partial charge in [-0.15, -0.1) is 10.2 Å². The first-order valence-electron chi connectivity index (χ1n) is 9.83. The number of carbonyl (C=O) groups is 2. The lowest BCUT2D eigenvalue weighted by Crippen LogP contribution is -2.48. The number of nitrogens with one attached hydrogen (secondary N) is 2. The van der Waals surface area contributed by atoms with Crippen LogP contribution in [0, 0.1) is 5.92 Å². The van der Waals surface area contributed by atoms with Gasteiger partial charge in [0, 0.05) is 22.9 Å². The fraction of sp³-hybridized carbons (Fsp3) is 0.273. The maximum atomic E-state index is 13.0. The van der Waals surface area contributed by atoms with Gasteiger partial charge in [0.2, 0.25) is 16.9 Å². The Hall–Kier alpha value is -2.77. The van der Waals surface area contributed by atoms with Gasteiger partial charge in [-0.2, -0.15) is 0 Å². The van der Waals surface area contributed by atoms with E-state index in [0.29, 0.717) is 21.6 Å². The quantitative estimate of drug-likeness (QED) is 0.572. The van der Waals surface area contributed by atoms with E-state index in [9.17, 15) is 9.59 Å². The highest BCUT2D eigenvalue weighted by atomic mass is 35.5. The second kappa shape index (κ2) is 9.36. The molecule has 1 aliphatic carbocycles. The average molecular weight is 441 g/mol. The Balaban J connectivity index is 1.47. The maximum absolute atomic E-state index is 13.0. The third-order valence-electron chi connectivity index (χ3n) is 5.12. The number of carbonyl (C=O) groups excluding carboxylic acids is 2. The summed E-state index contributed by atoms with van der Waals surface area (Å²) in [7, 11) is 0. The molecule has 0 saturated heterocycles. The molecular weight excluding hydrogens is 420 g/mol. The predicted octanol–water partition coefficient (Wildman–Crippen LogP) is 4.32. The van der Waals surface area contributed by atoms with Gasteiger partial charge in [0.05, 0.1) is 0 Å². The number of rotatable bonds is 7. The summed E-state index contributed by atoms with van der Waals surface area (Å²) in [5.74, 6) is -0.360. The predicted molar refractivity (Wildman–Crippen MR) is 118 cm³/mol. The smallest absolute Gasteiger partial charge is 0.249 e. The minimum absolute atomic E-state index is 0.00651. The summed E-state index contributed by atoms with van der Waals surface area (Å²) in [6.07, 6.45) is 3.23. The summed E-state index contributed by atoms with van der Waals surface area (Å²) in [4.78, 5) is 25.4. The lowest BCUT2D eigenvalue weighted by molar-refractivity contribution is -0.131. The number of amides is 2. The topological polar surface area (TPSA) is 84.0 Å². The second-order valence-corrected chi connectivity index (χ2v) is 8.70. The zero-order chi connectivity index (χ0) is 20.9. The first-order valence-corrected chi connectivity index (χ1v) is 11.0. The van der Waals surface area contributed by atoms with Crippen molar-refractivity contribution in [2.45, 2.75) is 31.7 Å². The molecule has 2 amide bonds. The van der Waals surface area contributed by atoms with Gasteiger partial charge >= 0.3 is 0 Å². The van der Waals surface area contributed by atoms with E-state index in [1.165, 1.54) is 11.3 Å². The van der Waals surface area contributed by atoms with Gasteiger partial charge < -0.3 is 5.32 Å². The van der Waals surface area contributed by atoms with Crippen molar-refractivity contribution < 1.29 is 9.59 Å². The highest BCUT2D eigenvalue weighted by Crippen LogP contribution is 2.29. The van der Waals surface area contributed by atoms with E-state index in [1.807, 2.05) is 42.5 Å². The molecule has 30 heavy (non-hydrogen) atoms. The molecule has 154 valence electrons. The van der Waals surface area contributed by atoms with E-state index in [2.05, 4.69) is 20.8 Å². The van der Waals surface area contributed by atoms with Crippen LogP contribution in [-0.2, 0) is 16.0 Å². The molecule has 1 fully saturated rings. The highest BCUT2D eigenvalue weighted by Gasteiger charge is 2.29. The van der Waals surface area contributed by atoms with E-state index in [-0.39, 0.29) is 17.7 Å². The average Bonchev–Trinajstić information content (AvgIpc) is 3.15. The number of nitrogens with zero attached hydrogens (tertiary/aromatic N) is 2. The van der Waals surface area contributed by atoms with Gasteiger partial charge in [-0.25, -0.2) is 0 Å². The Morgan fingerprint density at radius 1 is 1.10 bits per heavy atom. The van der Waals surface area contributed by atoms with E-state index in [1.54, 1.807) is 12.1 Å². The normalized spacial score (nSPS) is 14.6. The fourth-order valence-corrected chi connectivity index (χ4v) is 4.16. The summed E-state index contributed by atoms with van der Waals surface area (Å²) in [5, 5.41) is 15.6. The zero-order valence-corrected chi connectivity index (χ0v) is 17.7. The van der Waals surface area contributed by atoms with Crippen molar-refractivity contribution in [3.05, 3.63) is 65.2 Å². The van der Waals surface area contributed by atoms with E-state index >= 15 is 0 Å². The standard InChI is InChI=1S/C22H21ClN4O2S/c23-17-11-5-10-16(13-17)21-26-27-22(30-21)25-20(29)18(12-14-6-2-1-3-7-14)24-19(28)15-8-4-9-15/h1-3,5-7,10-11,13,15,18H,4,8-9,12H2,(H,24,28)(H,25,27,29). The first-order chi connectivity index (χ1) is 14.6. The molecular formula is C22H21ClN4O2S. The molecule has 1 saturated carbocycles. The van der Waals surface area contributed by atoms with Crippen LogP contribution in [0.5, 0.6) is 0 Å². The Labute approximate surface area is 183 Å². The minimum atomic E-state index is -0.681. The molecule has 2 N–H and O–H groups in total. The molecule has 1 aliphatic rings. The van der Waals surface area contributed by atoms with E-state index < -0.39 is 6.04 Å². The van der Waals surface area contributed by atoms with Crippen molar-refractivity contribution in [2.75, 3.05) is 5.32 Å². The molecule has 0 aliphatic heterocycles. The molecule has 1 unspecified atom stereocenters. The number of aromatic nitrogens is 2. The molecule has 8 heteroatoms. The van der Waals surface area contributed by atoms with Crippen molar-refractivity contribution in [3.8, 4) is 10.6 Å². The summed E-state index contributed by atoms with van der Waals surface area (Å²) < 4.78 is 0. The number of benzene rings is 2. The van der Waals surface area contributed by atoms with Crippen LogP contribution in [0.25, 0.3) is 10.6 Å². The first kappa shape index (κ1) is 20.5. The largest absolute Gasteiger partial charge is 0.344 e. The second-order valence-electron chi connectivity index (χ2n) is 7.29. The van der Waals surface area contributed by atoms with Gasteiger partial charge in [-0.1, -0.05) is 71.8 Å². The Kier molecular flexibility index (Phi) is 6.40. The third kappa shape index (κ3) is 5.04. The molecule has 6 nitrogen and oxygen atoms in total. The summed E-state index contributed by atoms with van der Waals surface area (Å²) in [6, 6.07) is 16.3. The molecule has 0 bridgehead atoms. The summed E-state index contributed by atoms with van der Waals surface area (Å²) in [6.45, 7) is 0. The van der Waals surface area contributed by atoms with Crippen molar-refractivity contribution in [1.29, 1.82) is 0 Å². The van der Waals surface area contributed by atoms with Crippen LogP contribution in [0.1, 0.15) is 24.8 Å². The molecule has 2 aromatic carbocycles. The summed E-state index contributed by atoms with van der Waals surface area (Å²) >= 11 is 7.30. The lowest BCUT2D eigenvalue weighted by Gasteiger charge is -2.27. The Morgan fingerprint density at radius 2 is 1.90 bits per heavy atom. The molecule has 1 atom stereocenters. The fourth-order valence-electron chi connectivity index (χ4n) is 3.22. The van der Waals surface area contributed by atoms with Gasteiger partial charge in [0.25, 0.3) is 0 Å². The van der Waals surface area contributed by atoms with Crippen LogP contribution in [-0.4, -0.2) is 28.1 Å². The van der Waals surface area contributed by atoms with Crippen molar-refractivity contribution in [1.82, 2.24) is 15.5 Å². The molecule has 1 heterocycles. The van der Waals surface area contributed by atoms with E-state index in [4.69, 9.17) is 11.6 Å². The van der Waals surface area contributed by atoms with Gasteiger partial charge in [0.1, 0.15) is 11.0 Å². The van der Waals surface area contributed by atoms with Crippen molar-refractivity contribution in [3.63, 3.8) is 0 Å². The highest BCUT2D eigenvalue weighted by molar-refractivity contribution is 7.18. The molecule has 1 aromatic heterocycles. The molecule has 0 spiro atoms. The van der Waals surface area contributed by atoms with Crippen molar-refractivity contribution in [2.24, 2.45) is 5.92 Å². The molecule has 0 radical (unpaired) electrons. The Morgan fingerprint density at radius 3 is 2.60 bits per heavy atom. The van der Waals surface area contributed by atoms with Crippen LogP contribution in [0.4, 0.5) is 5.13 Å². The zero-order valence-electron chi connectivity index (χ0n) is 16.2. The van der Waals surface area contributed by atoms with Crippen LogP contribution < -0.4 is 10.6 Å². The van der Waals surface area contributed by atoms with Gasteiger partial charge in [-0.05, 0) is 30.5 Å². The molecule has 3 aromatic rings. The van der Waals surface area contributed by atoms with Crippen LogP contribution in [0.15, 0.2) is 54.6 Å². The van der Waals surface area contributed by atoms with Gasteiger partial charge in [-0.3, -0.25) is 14.9 Å². The maximum Gasteiger partial charge on any atom is 0.249 e. The SMILES string of the molecule is O=C(NC(Cc1ccccc1)C(=O)Nc1nnc(-c2cccc(Cl)c2)s1)C1CCC1. The number of halogens is 1. The number of hydrogen-bond acceptors (Lipinski definition) is 5. The minimum Gasteiger partial charge on any atom is -0.344 e. The monoisotopic (exact) mass is 440 g/mol. The molecule has 4 rings (SSSR count). The van der Waals surface area contributed by atoms with Crippen LogP contribution in [0.3, 0.4) is 0 Å². The van der Waals surface area contributed by atoms with Crippen molar-refractivity contribution >= 4 is 39.9 Å². The number of anilines is 1. The lowest BCUT2D eigenvalue weighted by atomic mass is 9.84. The Bertz CT molecular complexity index is 1040. The van der Waals surface area contributed by atoms with E-state index in [0.717, 1.165) is 30.4 Å². The summed E-state index contributed by atoms with van der Waals surface area (Å²) in [5.41, 5.74) is 1.81. The number of hydrogen-bond donors (Lipinski definition) is 2. The van der Waals surface area contributed by atoms with Crippen LogP contribution >= 0.6 is 22.9 Å².